The molecule has 3 heterocycles. The van der Waals surface area contributed by atoms with E-state index in [9.17, 15) is 4.39 Å². The summed E-state index contributed by atoms with van der Waals surface area (Å²) in [5.74, 6) is 0.489. The minimum Gasteiger partial charge on any atom is -0.348 e. The highest BCUT2D eigenvalue weighted by Gasteiger charge is 2.35. The second-order valence-corrected chi connectivity index (χ2v) is 7.80. The van der Waals surface area contributed by atoms with E-state index in [2.05, 4.69) is 20.0 Å². The van der Waals surface area contributed by atoms with E-state index in [4.69, 9.17) is 0 Å². The Morgan fingerprint density at radius 1 is 1.30 bits per heavy atom. The van der Waals surface area contributed by atoms with Gasteiger partial charge in [-0.25, -0.2) is 9.37 Å². The summed E-state index contributed by atoms with van der Waals surface area (Å²) in [6.45, 7) is 3.59. The molecular weight excluding hydrogens is 341 g/mol. The van der Waals surface area contributed by atoms with E-state index in [1.54, 1.807) is 12.4 Å². The molecule has 1 N–H and O–H groups in total. The number of halogens is 1. The van der Waals surface area contributed by atoms with Crippen molar-refractivity contribution < 1.29 is 4.39 Å². The Morgan fingerprint density at radius 2 is 2.15 bits per heavy atom. The van der Waals surface area contributed by atoms with Gasteiger partial charge in [0, 0.05) is 49.4 Å². The van der Waals surface area contributed by atoms with Crippen molar-refractivity contribution in [2.24, 2.45) is 7.05 Å². The molecule has 5 rings (SSSR count). The van der Waals surface area contributed by atoms with E-state index in [0.29, 0.717) is 11.5 Å². The summed E-state index contributed by atoms with van der Waals surface area (Å²) >= 11 is 0. The number of rotatable bonds is 4. The molecule has 0 saturated heterocycles. The van der Waals surface area contributed by atoms with Gasteiger partial charge in [-0.15, -0.1) is 0 Å². The van der Waals surface area contributed by atoms with E-state index in [0.717, 1.165) is 36.5 Å². The van der Waals surface area contributed by atoms with Crippen LogP contribution in [0.15, 0.2) is 30.7 Å². The number of imidazole rings is 1. The number of H-pyrrole nitrogens is 1. The first-order valence-corrected chi connectivity index (χ1v) is 9.65. The van der Waals surface area contributed by atoms with Crippen LogP contribution in [0.3, 0.4) is 0 Å². The molecule has 0 unspecified atom stereocenters. The van der Waals surface area contributed by atoms with E-state index in [1.807, 2.05) is 30.9 Å². The van der Waals surface area contributed by atoms with Crippen LogP contribution in [0.5, 0.6) is 0 Å². The van der Waals surface area contributed by atoms with E-state index < -0.39 is 0 Å². The molecule has 1 atom stereocenters. The van der Waals surface area contributed by atoms with Crippen molar-refractivity contribution in [3.05, 3.63) is 70.3 Å². The predicted octanol–water partition coefficient (Wildman–Crippen LogP) is 3.62. The average molecular weight is 365 g/mol. The third kappa shape index (κ3) is 2.79. The third-order valence-corrected chi connectivity index (χ3v) is 6.03. The third-order valence-electron chi connectivity index (χ3n) is 6.03. The molecule has 6 heteroatoms. The first kappa shape index (κ1) is 16.7. The van der Waals surface area contributed by atoms with Crippen molar-refractivity contribution in [3.8, 4) is 0 Å². The molecule has 1 aliphatic heterocycles. The Kier molecular flexibility index (Phi) is 3.90. The quantitative estimate of drug-likeness (QED) is 0.768. The highest BCUT2D eigenvalue weighted by Crippen LogP contribution is 2.43. The molecule has 2 aromatic heterocycles. The van der Waals surface area contributed by atoms with Gasteiger partial charge in [-0.1, -0.05) is 12.1 Å². The largest absolute Gasteiger partial charge is 0.348 e. The van der Waals surface area contributed by atoms with Crippen molar-refractivity contribution in [2.45, 2.75) is 44.7 Å². The lowest BCUT2D eigenvalue weighted by Crippen LogP contribution is -2.36. The number of aromatic amines is 1. The zero-order valence-corrected chi connectivity index (χ0v) is 15.7. The zero-order chi connectivity index (χ0) is 18.5. The molecule has 5 nitrogen and oxygen atoms in total. The van der Waals surface area contributed by atoms with Crippen LogP contribution in [0.25, 0.3) is 0 Å². The van der Waals surface area contributed by atoms with Crippen molar-refractivity contribution in [1.82, 2.24) is 24.6 Å². The lowest BCUT2D eigenvalue weighted by molar-refractivity contribution is 0.199. The van der Waals surface area contributed by atoms with Gasteiger partial charge in [0.25, 0.3) is 0 Å². The molecule has 3 aromatic rings. The number of fused-ring (bicyclic) bond motifs is 1. The van der Waals surface area contributed by atoms with Gasteiger partial charge < -0.3 is 4.98 Å². The molecule has 2 aliphatic rings. The summed E-state index contributed by atoms with van der Waals surface area (Å²) in [6, 6.07) is 5.33. The van der Waals surface area contributed by atoms with E-state index in [-0.39, 0.29) is 11.9 Å². The summed E-state index contributed by atoms with van der Waals surface area (Å²) in [5.41, 5.74) is 6.53. The van der Waals surface area contributed by atoms with Gasteiger partial charge in [0.15, 0.2) is 0 Å². The fraction of sp³-hybridized carbons (Fsp3) is 0.429. The maximum absolute atomic E-state index is 14.3. The summed E-state index contributed by atoms with van der Waals surface area (Å²) in [6.07, 6.45) is 7.20. The Hall–Kier alpha value is -2.47. The first-order chi connectivity index (χ1) is 13.1. The van der Waals surface area contributed by atoms with Gasteiger partial charge in [0.05, 0.1) is 24.3 Å². The van der Waals surface area contributed by atoms with Crippen molar-refractivity contribution in [3.63, 3.8) is 0 Å². The summed E-state index contributed by atoms with van der Waals surface area (Å²) < 4.78 is 16.3. The second-order valence-electron chi connectivity index (χ2n) is 7.80. The van der Waals surface area contributed by atoms with Crippen LogP contribution in [-0.4, -0.2) is 31.2 Å². The molecule has 27 heavy (non-hydrogen) atoms. The van der Waals surface area contributed by atoms with Gasteiger partial charge in [-0.05, 0) is 37.0 Å². The molecule has 0 amide bonds. The molecule has 0 spiro atoms. The normalized spacial score (nSPS) is 20.0. The molecule has 1 fully saturated rings. The Morgan fingerprint density at radius 3 is 2.96 bits per heavy atom. The minimum atomic E-state index is -0.157. The molecule has 1 aromatic carbocycles. The molecule has 140 valence electrons. The van der Waals surface area contributed by atoms with Gasteiger partial charge in [-0.2, -0.15) is 5.10 Å². The van der Waals surface area contributed by atoms with E-state index in [1.165, 1.54) is 30.2 Å². The van der Waals surface area contributed by atoms with Crippen molar-refractivity contribution in [2.75, 3.05) is 6.54 Å². The summed E-state index contributed by atoms with van der Waals surface area (Å²) in [4.78, 5) is 10.3. The SMILES string of the molecule is Cc1c(F)cccc1[C@@H]1c2nc[nH]c2CCN1Cc1cnn(C)c1C1CC1. The topological polar surface area (TPSA) is 49.7 Å². The minimum absolute atomic E-state index is 0.0389. The van der Waals surface area contributed by atoms with E-state index >= 15 is 0 Å². The standard InChI is InChI=1S/C21H24FN5/c1-13-16(4-3-5-17(13)22)21-19-18(23-12-24-19)8-9-27(21)11-15-10-25-26(2)20(15)14-6-7-14/h3-5,10,12,14,21H,6-9,11H2,1-2H3,(H,23,24)/t21-/m1/s1. The van der Waals surface area contributed by atoms with Crippen LogP contribution in [-0.2, 0) is 20.0 Å². The van der Waals surface area contributed by atoms with Gasteiger partial charge in [0.1, 0.15) is 5.82 Å². The smallest absolute Gasteiger partial charge is 0.126 e. The van der Waals surface area contributed by atoms with Crippen LogP contribution >= 0.6 is 0 Å². The van der Waals surface area contributed by atoms with Crippen molar-refractivity contribution >= 4 is 0 Å². The number of benzene rings is 1. The van der Waals surface area contributed by atoms with Crippen LogP contribution in [0.1, 0.15) is 58.6 Å². The summed E-state index contributed by atoms with van der Waals surface area (Å²) in [5, 5.41) is 4.52. The zero-order valence-electron chi connectivity index (χ0n) is 15.7. The van der Waals surface area contributed by atoms with Crippen LogP contribution in [0, 0.1) is 12.7 Å². The lowest BCUT2D eigenvalue weighted by atomic mass is 9.92. The molecule has 0 radical (unpaired) electrons. The average Bonchev–Trinajstić information content (AvgIpc) is 3.26. The number of nitrogens with one attached hydrogen (secondary N) is 1. The second kappa shape index (κ2) is 6.30. The first-order valence-electron chi connectivity index (χ1n) is 9.65. The summed E-state index contributed by atoms with van der Waals surface area (Å²) in [7, 11) is 2.04. The number of aryl methyl sites for hydroxylation is 1. The predicted molar refractivity (Wildman–Crippen MR) is 101 cm³/mol. The number of nitrogens with zero attached hydrogens (tertiary/aromatic N) is 4. The van der Waals surface area contributed by atoms with Crippen LogP contribution < -0.4 is 0 Å². The Labute approximate surface area is 158 Å². The molecule has 1 aliphatic carbocycles. The molecular formula is C21H24FN5. The fourth-order valence-electron chi connectivity index (χ4n) is 4.48. The monoisotopic (exact) mass is 365 g/mol. The maximum atomic E-state index is 14.3. The lowest BCUT2D eigenvalue weighted by Gasteiger charge is -2.36. The van der Waals surface area contributed by atoms with Crippen LogP contribution in [0.4, 0.5) is 4.39 Å². The Balaban J connectivity index is 1.56. The van der Waals surface area contributed by atoms with Gasteiger partial charge in [-0.3, -0.25) is 9.58 Å². The Bertz CT molecular complexity index is 984. The highest BCUT2D eigenvalue weighted by atomic mass is 19.1. The van der Waals surface area contributed by atoms with Crippen molar-refractivity contribution in [1.29, 1.82) is 0 Å². The van der Waals surface area contributed by atoms with Crippen LogP contribution in [0.2, 0.25) is 0 Å². The molecule has 1 saturated carbocycles. The molecule has 0 bridgehead atoms. The number of hydrogen-bond donors (Lipinski definition) is 1. The van der Waals surface area contributed by atoms with Gasteiger partial charge >= 0.3 is 0 Å². The highest BCUT2D eigenvalue weighted by molar-refractivity contribution is 5.38. The maximum Gasteiger partial charge on any atom is 0.126 e. The number of aromatic nitrogens is 4. The number of hydrogen-bond acceptors (Lipinski definition) is 3. The fourth-order valence-corrected chi connectivity index (χ4v) is 4.48. The van der Waals surface area contributed by atoms with Gasteiger partial charge in [0.2, 0.25) is 0 Å².